The summed E-state index contributed by atoms with van der Waals surface area (Å²) in [4.78, 5) is 14.6. The minimum atomic E-state index is -4.10. The van der Waals surface area contributed by atoms with Crippen molar-refractivity contribution in [2.75, 3.05) is 0 Å². The van der Waals surface area contributed by atoms with E-state index in [9.17, 15) is 17.6 Å². The molecule has 0 spiro atoms. The highest BCUT2D eigenvalue weighted by atomic mass is 32.2. The van der Waals surface area contributed by atoms with Gasteiger partial charge < -0.3 is 9.08 Å². The Labute approximate surface area is 182 Å². The molecule has 0 radical (unpaired) electrons. The van der Waals surface area contributed by atoms with Crippen molar-refractivity contribution in [3.63, 3.8) is 0 Å². The van der Waals surface area contributed by atoms with Gasteiger partial charge in [-0.25, -0.2) is 4.39 Å². The van der Waals surface area contributed by atoms with Crippen LogP contribution in [0.4, 0.5) is 4.39 Å². The zero-order valence-corrected chi connectivity index (χ0v) is 18.4. The summed E-state index contributed by atoms with van der Waals surface area (Å²) in [5.74, 6) is -0.526. The molecule has 0 aliphatic rings. The summed E-state index contributed by atoms with van der Waals surface area (Å²) in [6.45, 7) is 6.09. The normalized spacial score (nSPS) is 11.4. The Morgan fingerprint density at radius 1 is 1.00 bits per heavy atom. The van der Waals surface area contributed by atoms with Crippen LogP contribution in [0.3, 0.4) is 0 Å². The number of nitrogens with zero attached hydrogens (tertiary/aromatic N) is 1. The molecule has 0 unspecified atom stereocenters. The van der Waals surface area contributed by atoms with E-state index in [1.807, 2.05) is 32.9 Å². The predicted molar refractivity (Wildman–Crippen MR) is 117 cm³/mol. The van der Waals surface area contributed by atoms with Gasteiger partial charge in [0, 0.05) is 18.2 Å². The standard InChI is InChI=1S/C24H24FNO4S/c1-17(2)26(24(27)20-9-7-18(3)8-10-20)16-19-5-4-6-22(15-19)30-31(28,29)23-13-11-21(25)12-14-23/h4-15,17H,16H2,1-3H3. The first-order valence-electron chi connectivity index (χ1n) is 9.82. The first-order chi connectivity index (χ1) is 14.7. The summed E-state index contributed by atoms with van der Waals surface area (Å²) in [6, 6.07) is 18.3. The van der Waals surface area contributed by atoms with Gasteiger partial charge in [-0.05, 0) is 74.9 Å². The molecular formula is C24H24FNO4S. The highest BCUT2D eigenvalue weighted by molar-refractivity contribution is 7.87. The molecule has 0 atom stereocenters. The number of halogens is 1. The number of aryl methyl sites for hydroxylation is 1. The van der Waals surface area contributed by atoms with Crippen molar-refractivity contribution >= 4 is 16.0 Å². The molecule has 3 aromatic carbocycles. The second-order valence-corrected chi connectivity index (χ2v) is 9.08. The molecule has 0 aromatic heterocycles. The van der Waals surface area contributed by atoms with Crippen LogP contribution in [0, 0.1) is 12.7 Å². The summed E-state index contributed by atoms with van der Waals surface area (Å²) in [6.07, 6.45) is 0. The van der Waals surface area contributed by atoms with E-state index in [1.54, 1.807) is 35.2 Å². The first kappa shape index (κ1) is 22.5. The van der Waals surface area contributed by atoms with Crippen LogP contribution < -0.4 is 4.18 Å². The summed E-state index contributed by atoms with van der Waals surface area (Å²) < 4.78 is 43.2. The second kappa shape index (κ2) is 9.31. The van der Waals surface area contributed by atoms with E-state index in [-0.39, 0.29) is 29.1 Å². The molecule has 0 saturated carbocycles. The molecular weight excluding hydrogens is 417 g/mol. The molecule has 31 heavy (non-hydrogen) atoms. The third kappa shape index (κ3) is 5.70. The lowest BCUT2D eigenvalue weighted by Crippen LogP contribution is -2.36. The van der Waals surface area contributed by atoms with Gasteiger partial charge in [0.2, 0.25) is 0 Å². The minimum absolute atomic E-state index is 0.0682. The second-order valence-electron chi connectivity index (χ2n) is 7.53. The van der Waals surface area contributed by atoms with E-state index in [0.717, 1.165) is 35.4 Å². The molecule has 0 aliphatic heterocycles. The van der Waals surface area contributed by atoms with Crippen molar-refractivity contribution in [1.82, 2.24) is 4.90 Å². The van der Waals surface area contributed by atoms with Gasteiger partial charge in [0.1, 0.15) is 16.5 Å². The van der Waals surface area contributed by atoms with Gasteiger partial charge in [0.05, 0.1) is 0 Å². The maximum Gasteiger partial charge on any atom is 0.339 e. The Morgan fingerprint density at radius 3 is 2.26 bits per heavy atom. The van der Waals surface area contributed by atoms with E-state index in [1.165, 1.54) is 6.07 Å². The largest absolute Gasteiger partial charge is 0.379 e. The number of carbonyl (C=O) groups excluding carboxylic acids is 1. The molecule has 1 amide bonds. The Bertz CT molecular complexity index is 1160. The van der Waals surface area contributed by atoms with Crippen LogP contribution in [-0.2, 0) is 16.7 Å². The molecule has 3 rings (SSSR count). The maximum atomic E-state index is 13.1. The number of rotatable bonds is 7. The van der Waals surface area contributed by atoms with Crippen LogP contribution >= 0.6 is 0 Å². The summed E-state index contributed by atoms with van der Waals surface area (Å²) in [5.41, 5.74) is 2.38. The topological polar surface area (TPSA) is 63.7 Å². The van der Waals surface area contributed by atoms with E-state index < -0.39 is 15.9 Å². The lowest BCUT2D eigenvalue weighted by molar-refractivity contribution is 0.0690. The van der Waals surface area contributed by atoms with Crippen molar-refractivity contribution < 1.29 is 21.8 Å². The highest BCUT2D eigenvalue weighted by Crippen LogP contribution is 2.22. The number of amides is 1. The molecule has 0 N–H and O–H groups in total. The minimum Gasteiger partial charge on any atom is -0.379 e. The zero-order valence-electron chi connectivity index (χ0n) is 17.6. The fourth-order valence-corrected chi connectivity index (χ4v) is 3.94. The molecule has 0 heterocycles. The van der Waals surface area contributed by atoms with Crippen LogP contribution in [0.5, 0.6) is 5.75 Å². The van der Waals surface area contributed by atoms with Crippen LogP contribution in [-0.4, -0.2) is 25.3 Å². The van der Waals surface area contributed by atoms with E-state index >= 15 is 0 Å². The lowest BCUT2D eigenvalue weighted by atomic mass is 10.1. The fourth-order valence-electron chi connectivity index (χ4n) is 3.02. The Hall–Kier alpha value is -3.19. The van der Waals surface area contributed by atoms with Gasteiger partial charge in [-0.15, -0.1) is 0 Å². The zero-order chi connectivity index (χ0) is 22.6. The Balaban J connectivity index is 1.80. The van der Waals surface area contributed by atoms with Gasteiger partial charge in [-0.2, -0.15) is 8.42 Å². The molecule has 0 fully saturated rings. The molecule has 162 valence electrons. The van der Waals surface area contributed by atoms with Gasteiger partial charge in [-0.1, -0.05) is 29.8 Å². The van der Waals surface area contributed by atoms with Crippen LogP contribution in [0.1, 0.15) is 35.3 Å². The van der Waals surface area contributed by atoms with E-state index in [4.69, 9.17) is 4.18 Å². The number of hydrogen-bond acceptors (Lipinski definition) is 4. The first-order valence-corrected chi connectivity index (χ1v) is 11.2. The molecule has 3 aromatic rings. The van der Waals surface area contributed by atoms with Crippen molar-refractivity contribution in [2.24, 2.45) is 0 Å². The molecule has 0 saturated heterocycles. The van der Waals surface area contributed by atoms with Gasteiger partial charge in [0.25, 0.3) is 5.91 Å². The average Bonchev–Trinajstić information content (AvgIpc) is 2.72. The molecule has 0 aliphatic carbocycles. The van der Waals surface area contributed by atoms with Gasteiger partial charge in [0.15, 0.2) is 0 Å². The molecule has 0 bridgehead atoms. The van der Waals surface area contributed by atoms with Crippen LogP contribution in [0.25, 0.3) is 0 Å². The number of benzene rings is 3. The van der Waals surface area contributed by atoms with Crippen LogP contribution in [0.15, 0.2) is 77.7 Å². The summed E-state index contributed by atoms with van der Waals surface area (Å²) in [5, 5.41) is 0. The molecule has 5 nitrogen and oxygen atoms in total. The van der Waals surface area contributed by atoms with Crippen LogP contribution in [0.2, 0.25) is 0 Å². The molecule has 7 heteroatoms. The number of hydrogen-bond donors (Lipinski definition) is 0. The van der Waals surface area contributed by atoms with Crippen molar-refractivity contribution in [2.45, 2.75) is 38.3 Å². The summed E-state index contributed by atoms with van der Waals surface area (Å²) in [7, 11) is -4.10. The van der Waals surface area contributed by atoms with Crippen molar-refractivity contribution in [1.29, 1.82) is 0 Å². The Kier molecular flexibility index (Phi) is 6.75. The van der Waals surface area contributed by atoms with Crippen molar-refractivity contribution in [3.8, 4) is 5.75 Å². The highest BCUT2D eigenvalue weighted by Gasteiger charge is 2.20. The Morgan fingerprint density at radius 2 is 1.65 bits per heavy atom. The third-order valence-electron chi connectivity index (χ3n) is 4.74. The number of carbonyl (C=O) groups is 1. The lowest BCUT2D eigenvalue weighted by Gasteiger charge is -2.27. The monoisotopic (exact) mass is 441 g/mol. The van der Waals surface area contributed by atoms with Gasteiger partial charge in [-0.3, -0.25) is 4.79 Å². The summed E-state index contributed by atoms with van der Waals surface area (Å²) >= 11 is 0. The maximum absolute atomic E-state index is 13.1. The predicted octanol–water partition coefficient (Wildman–Crippen LogP) is 4.95. The third-order valence-corrected chi connectivity index (χ3v) is 6.00. The SMILES string of the molecule is Cc1ccc(C(=O)N(Cc2cccc(OS(=O)(=O)c3ccc(F)cc3)c2)C(C)C)cc1. The average molecular weight is 442 g/mol. The fraction of sp³-hybridized carbons (Fsp3) is 0.208. The smallest absolute Gasteiger partial charge is 0.339 e. The quantitative estimate of drug-likeness (QED) is 0.487. The van der Waals surface area contributed by atoms with E-state index in [2.05, 4.69) is 0 Å². The van der Waals surface area contributed by atoms with Gasteiger partial charge >= 0.3 is 10.1 Å². The van der Waals surface area contributed by atoms with E-state index in [0.29, 0.717) is 5.56 Å². The van der Waals surface area contributed by atoms with Crippen molar-refractivity contribution in [3.05, 3.63) is 95.3 Å².